The molecule has 1 atom stereocenters. The fourth-order valence-corrected chi connectivity index (χ4v) is 6.02. The summed E-state index contributed by atoms with van der Waals surface area (Å²) in [5.74, 6) is -0.391. The molecule has 2 saturated heterocycles. The van der Waals surface area contributed by atoms with Crippen molar-refractivity contribution in [3.05, 3.63) is 71.5 Å². The van der Waals surface area contributed by atoms with Gasteiger partial charge in [-0.1, -0.05) is 49.2 Å². The highest BCUT2D eigenvalue weighted by molar-refractivity contribution is 5.94. The molecule has 152 valence electrons. The molecular formula is C25H29FN2O. The van der Waals surface area contributed by atoms with Gasteiger partial charge in [-0.25, -0.2) is 4.39 Å². The third kappa shape index (κ3) is 3.38. The van der Waals surface area contributed by atoms with E-state index in [9.17, 15) is 9.18 Å². The van der Waals surface area contributed by atoms with Crippen molar-refractivity contribution in [2.75, 3.05) is 19.6 Å². The zero-order chi connectivity index (χ0) is 19.8. The molecule has 1 saturated carbocycles. The lowest BCUT2D eigenvalue weighted by molar-refractivity contribution is -0.111. The lowest BCUT2D eigenvalue weighted by Gasteiger charge is -2.60. The van der Waals surface area contributed by atoms with Crippen molar-refractivity contribution in [3.63, 3.8) is 0 Å². The average molecular weight is 393 g/mol. The molecule has 0 radical (unpaired) electrons. The Hall–Kier alpha value is -2.20. The summed E-state index contributed by atoms with van der Waals surface area (Å²) >= 11 is 0. The largest absolute Gasteiger partial charge is 0.339 e. The van der Waals surface area contributed by atoms with E-state index in [0.29, 0.717) is 23.1 Å². The van der Waals surface area contributed by atoms with Gasteiger partial charge in [0, 0.05) is 42.7 Å². The average Bonchev–Trinajstić information content (AvgIpc) is 3.24. The second kappa shape index (κ2) is 7.56. The van der Waals surface area contributed by atoms with Crippen LogP contribution in [0.25, 0.3) is 0 Å². The van der Waals surface area contributed by atoms with Gasteiger partial charge in [-0.3, -0.25) is 9.69 Å². The summed E-state index contributed by atoms with van der Waals surface area (Å²) in [6, 6.07) is 18.1. The first-order valence-electron chi connectivity index (χ1n) is 11.0. The molecule has 0 N–H and O–H groups in total. The molecule has 1 aliphatic carbocycles. The molecule has 2 aromatic rings. The second-order valence-electron chi connectivity index (χ2n) is 9.09. The number of halogens is 1. The number of carbonyl (C=O) groups excluding carboxylic acids is 1. The molecule has 3 fully saturated rings. The van der Waals surface area contributed by atoms with Gasteiger partial charge in [0.05, 0.1) is 0 Å². The first-order chi connectivity index (χ1) is 14.2. The van der Waals surface area contributed by atoms with E-state index >= 15 is 0 Å². The Kier molecular flexibility index (Phi) is 4.91. The third-order valence-corrected chi connectivity index (χ3v) is 7.42. The van der Waals surface area contributed by atoms with Gasteiger partial charge in [-0.15, -0.1) is 0 Å². The van der Waals surface area contributed by atoms with Crippen LogP contribution in [0, 0.1) is 11.2 Å². The Morgan fingerprint density at radius 2 is 1.69 bits per heavy atom. The van der Waals surface area contributed by atoms with Crippen LogP contribution in [0.5, 0.6) is 0 Å². The minimum atomic E-state index is -0.348. The number of hydrogen-bond donors (Lipinski definition) is 0. The minimum absolute atomic E-state index is 0.0431. The fourth-order valence-electron chi connectivity index (χ4n) is 6.02. The van der Waals surface area contributed by atoms with Crippen LogP contribution in [0.2, 0.25) is 0 Å². The van der Waals surface area contributed by atoms with Crippen LogP contribution < -0.4 is 0 Å². The van der Waals surface area contributed by atoms with E-state index in [1.165, 1.54) is 49.9 Å². The highest BCUT2D eigenvalue weighted by atomic mass is 19.1. The first kappa shape index (κ1) is 18.8. The summed E-state index contributed by atoms with van der Waals surface area (Å²) < 4.78 is 13.5. The SMILES string of the molecule is O=C(c1cccc(F)c1)N1CCC(N2CC3(CCCC3)C2c2ccccc2)CC1. The van der Waals surface area contributed by atoms with E-state index in [-0.39, 0.29) is 11.7 Å². The van der Waals surface area contributed by atoms with Crippen LogP contribution in [-0.2, 0) is 0 Å². The zero-order valence-electron chi connectivity index (χ0n) is 16.9. The minimum Gasteiger partial charge on any atom is -0.339 e. The van der Waals surface area contributed by atoms with E-state index in [0.717, 1.165) is 25.9 Å². The van der Waals surface area contributed by atoms with Crippen LogP contribution in [0.4, 0.5) is 4.39 Å². The third-order valence-electron chi connectivity index (χ3n) is 7.42. The van der Waals surface area contributed by atoms with Gasteiger partial charge in [-0.2, -0.15) is 0 Å². The number of benzene rings is 2. The van der Waals surface area contributed by atoms with E-state index in [1.54, 1.807) is 12.1 Å². The van der Waals surface area contributed by atoms with Gasteiger partial charge in [0.15, 0.2) is 0 Å². The highest BCUT2D eigenvalue weighted by Crippen LogP contribution is 2.59. The standard InChI is InChI=1S/C25H29FN2O/c26-21-10-6-9-20(17-21)24(29)27-15-11-22(12-16-27)28-18-25(13-4-5-14-25)23(28)19-7-2-1-3-8-19/h1-3,6-10,17,22-23H,4-5,11-16,18H2. The molecule has 29 heavy (non-hydrogen) atoms. The number of amides is 1. The predicted molar refractivity (Wildman–Crippen MR) is 112 cm³/mol. The topological polar surface area (TPSA) is 23.6 Å². The Morgan fingerprint density at radius 1 is 0.966 bits per heavy atom. The van der Waals surface area contributed by atoms with Gasteiger partial charge in [-0.05, 0) is 49.4 Å². The van der Waals surface area contributed by atoms with Crippen molar-refractivity contribution in [1.82, 2.24) is 9.80 Å². The maximum atomic E-state index is 13.5. The molecule has 0 aromatic heterocycles. The molecule has 3 nitrogen and oxygen atoms in total. The maximum Gasteiger partial charge on any atom is 0.253 e. The summed E-state index contributed by atoms with van der Waals surface area (Å²) in [6.07, 6.45) is 7.41. The molecule has 5 rings (SSSR count). The van der Waals surface area contributed by atoms with Gasteiger partial charge >= 0.3 is 0 Å². The Balaban J connectivity index is 1.27. The van der Waals surface area contributed by atoms with E-state index in [4.69, 9.17) is 0 Å². The van der Waals surface area contributed by atoms with Gasteiger partial charge < -0.3 is 4.90 Å². The lowest BCUT2D eigenvalue weighted by Crippen LogP contribution is -2.62. The van der Waals surface area contributed by atoms with E-state index in [1.807, 2.05) is 4.90 Å². The zero-order valence-corrected chi connectivity index (χ0v) is 16.9. The molecular weight excluding hydrogens is 363 g/mol. The molecule has 2 aromatic carbocycles. The van der Waals surface area contributed by atoms with Crippen LogP contribution in [0.15, 0.2) is 54.6 Å². The van der Waals surface area contributed by atoms with E-state index in [2.05, 4.69) is 35.2 Å². The highest BCUT2D eigenvalue weighted by Gasteiger charge is 2.55. The molecule has 1 unspecified atom stereocenters. The summed E-state index contributed by atoms with van der Waals surface area (Å²) in [5.41, 5.74) is 2.38. The normalized spacial score (nSPS) is 24.6. The monoisotopic (exact) mass is 392 g/mol. The molecule has 2 aliphatic heterocycles. The Labute approximate surface area is 172 Å². The number of carbonyl (C=O) groups is 1. The molecule has 4 heteroatoms. The predicted octanol–water partition coefficient (Wildman–Crippen LogP) is 5.05. The van der Waals surface area contributed by atoms with Crippen molar-refractivity contribution >= 4 is 5.91 Å². The molecule has 1 amide bonds. The first-order valence-corrected chi connectivity index (χ1v) is 11.0. The number of hydrogen-bond acceptors (Lipinski definition) is 2. The lowest BCUT2D eigenvalue weighted by atomic mass is 9.66. The molecule has 2 heterocycles. The van der Waals surface area contributed by atoms with Crippen LogP contribution in [-0.4, -0.2) is 41.4 Å². The van der Waals surface area contributed by atoms with Gasteiger partial charge in [0.2, 0.25) is 0 Å². The van der Waals surface area contributed by atoms with Crippen molar-refractivity contribution in [2.24, 2.45) is 5.41 Å². The number of likely N-dealkylation sites (tertiary alicyclic amines) is 2. The smallest absolute Gasteiger partial charge is 0.253 e. The van der Waals surface area contributed by atoms with Crippen LogP contribution >= 0.6 is 0 Å². The maximum absolute atomic E-state index is 13.5. The van der Waals surface area contributed by atoms with Gasteiger partial charge in [0.1, 0.15) is 5.82 Å². The fraction of sp³-hybridized carbons (Fsp3) is 0.480. The second-order valence-corrected chi connectivity index (χ2v) is 9.09. The molecule has 0 bridgehead atoms. The van der Waals surface area contributed by atoms with Crippen LogP contribution in [0.1, 0.15) is 60.5 Å². The van der Waals surface area contributed by atoms with Gasteiger partial charge in [0.25, 0.3) is 5.91 Å². The van der Waals surface area contributed by atoms with E-state index < -0.39 is 0 Å². The quantitative estimate of drug-likeness (QED) is 0.730. The Morgan fingerprint density at radius 3 is 2.38 bits per heavy atom. The molecule has 3 aliphatic rings. The van der Waals surface area contributed by atoms with Crippen molar-refractivity contribution in [2.45, 2.75) is 50.6 Å². The van der Waals surface area contributed by atoms with Crippen LogP contribution in [0.3, 0.4) is 0 Å². The number of nitrogens with zero attached hydrogens (tertiary/aromatic N) is 2. The van der Waals surface area contributed by atoms with Crippen molar-refractivity contribution < 1.29 is 9.18 Å². The number of rotatable bonds is 3. The van der Waals surface area contributed by atoms with Crippen molar-refractivity contribution in [1.29, 1.82) is 0 Å². The van der Waals surface area contributed by atoms with Crippen molar-refractivity contribution in [3.8, 4) is 0 Å². The summed E-state index contributed by atoms with van der Waals surface area (Å²) in [5, 5.41) is 0. The number of piperidine rings is 1. The molecule has 1 spiro atoms. The summed E-state index contributed by atoms with van der Waals surface area (Å²) in [6.45, 7) is 2.71. The summed E-state index contributed by atoms with van der Waals surface area (Å²) in [4.78, 5) is 17.4. The summed E-state index contributed by atoms with van der Waals surface area (Å²) in [7, 11) is 0. The Bertz CT molecular complexity index is 869.